The van der Waals surface area contributed by atoms with Crippen molar-refractivity contribution in [3.05, 3.63) is 59.9 Å². The summed E-state index contributed by atoms with van der Waals surface area (Å²) in [6, 6.07) is 10.3. The zero-order valence-corrected chi connectivity index (χ0v) is 9.82. The second kappa shape index (κ2) is 5.34. The quantitative estimate of drug-likeness (QED) is 0.610. The SMILES string of the molecule is Fc1cccc(COc2ccc([B-](F)(F)F)cc2)c1. The first kappa shape index (κ1) is 13.5. The lowest BCUT2D eigenvalue weighted by Crippen LogP contribution is -2.33. The summed E-state index contributed by atoms with van der Waals surface area (Å²) in [5.74, 6) is -0.0655. The molecular formula is C13H10BF4O-. The summed E-state index contributed by atoms with van der Waals surface area (Å²) in [4.78, 5) is 0. The summed E-state index contributed by atoms with van der Waals surface area (Å²) in [6.07, 6.45) is 0. The Morgan fingerprint density at radius 2 is 1.63 bits per heavy atom. The minimum atomic E-state index is -4.99. The number of ether oxygens (including phenoxy) is 1. The molecule has 0 aliphatic carbocycles. The molecule has 100 valence electrons. The fraction of sp³-hybridized carbons (Fsp3) is 0.0769. The molecule has 0 aliphatic rings. The third-order valence-electron chi connectivity index (χ3n) is 2.55. The molecule has 0 heterocycles. The minimum absolute atomic E-state index is 0.105. The van der Waals surface area contributed by atoms with Gasteiger partial charge in [0.25, 0.3) is 0 Å². The van der Waals surface area contributed by atoms with Gasteiger partial charge in [0.05, 0.1) is 0 Å². The molecule has 0 fully saturated rings. The van der Waals surface area contributed by atoms with E-state index in [0.717, 1.165) is 12.1 Å². The third-order valence-corrected chi connectivity index (χ3v) is 2.55. The summed E-state index contributed by atoms with van der Waals surface area (Å²) < 4.78 is 55.4. The van der Waals surface area contributed by atoms with E-state index in [1.54, 1.807) is 12.1 Å². The zero-order valence-electron chi connectivity index (χ0n) is 9.82. The van der Waals surface area contributed by atoms with Crippen molar-refractivity contribution in [2.24, 2.45) is 0 Å². The average Bonchev–Trinajstić information content (AvgIpc) is 2.36. The van der Waals surface area contributed by atoms with Crippen molar-refractivity contribution in [2.45, 2.75) is 6.61 Å². The van der Waals surface area contributed by atoms with Gasteiger partial charge in [0.15, 0.2) is 0 Å². The van der Waals surface area contributed by atoms with Crippen molar-refractivity contribution in [1.82, 2.24) is 0 Å². The van der Waals surface area contributed by atoms with Gasteiger partial charge in [0.2, 0.25) is 0 Å². The van der Waals surface area contributed by atoms with Gasteiger partial charge >= 0.3 is 6.98 Å². The first-order valence-corrected chi connectivity index (χ1v) is 5.62. The highest BCUT2D eigenvalue weighted by Gasteiger charge is 2.24. The summed E-state index contributed by atoms with van der Waals surface area (Å²) in [6.45, 7) is -4.88. The number of hydrogen-bond acceptors (Lipinski definition) is 1. The Kier molecular flexibility index (Phi) is 3.78. The molecular weight excluding hydrogens is 259 g/mol. The molecule has 0 saturated heterocycles. The number of hydrogen-bond donors (Lipinski definition) is 0. The first-order chi connectivity index (χ1) is 8.95. The molecule has 0 N–H and O–H groups in total. The molecule has 0 aliphatic heterocycles. The molecule has 19 heavy (non-hydrogen) atoms. The molecule has 0 spiro atoms. The van der Waals surface area contributed by atoms with Crippen LogP contribution in [-0.2, 0) is 6.61 Å². The van der Waals surface area contributed by atoms with Gasteiger partial charge in [0, 0.05) is 0 Å². The Labute approximate surface area is 107 Å². The highest BCUT2D eigenvalue weighted by molar-refractivity contribution is 6.73. The second-order valence-electron chi connectivity index (χ2n) is 4.06. The standard InChI is InChI=1S/C13H10BF4O/c15-12-3-1-2-10(8-12)9-19-13-6-4-11(5-7-13)14(16,17)18/h1-8H,9H2/q-1. The maximum atomic E-state index is 12.9. The van der Waals surface area contributed by atoms with Crippen molar-refractivity contribution in [1.29, 1.82) is 0 Å². The van der Waals surface area contributed by atoms with E-state index in [1.165, 1.54) is 24.3 Å². The predicted molar refractivity (Wildman–Crippen MR) is 65.9 cm³/mol. The molecule has 0 bridgehead atoms. The highest BCUT2D eigenvalue weighted by Crippen LogP contribution is 2.15. The van der Waals surface area contributed by atoms with E-state index in [4.69, 9.17) is 4.74 Å². The van der Waals surface area contributed by atoms with Crippen LogP contribution >= 0.6 is 0 Å². The zero-order chi connectivity index (χ0) is 13.9. The maximum Gasteiger partial charge on any atom is 0.509 e. The molecule has 2 rings (SSSR count). The molecule has 0 aromatic heterocycles. The van der Waals surface area contributed by atoms with Crippen molar-refractivity contribution in [2.75, 3.05) is 0 Å². The normalized spacial score (nSPS) is 11.4. The topological polar surface area (TPSA) is 9.23 Å². The van der Waals surface area contributed by atoms with Gasteiger partial charge in [-0.05, 0) is 29.8 Å². The van der Waals surface area contributed by atoms with Gasteiger partial charge in [-0.15, -0.1) is 5.46 Å². The van der Waals surface area contributed by atoms with E-state index in [-0.39, 0.29) is 12.4 Å². The Morgan fingerprint density at radius 3 is 2.21 bits per heavy atom. The van der Waals surface area contributed by atoms with E-state index in [1.807, 2.05) is 0 Å². The molecule has 0 radical (unpaired) electrons. The molecule has 2 aromatic carbocycles. The Morgan fingerprint density at radius 1 is 0.947 bits per heavy atom. The third kappa shape index (κ3) is 3.74. The van der Waals surface area contributed by atoms with Crippen molar-refractivity contribution < 1.29 is 22.1 Å². The van der Waals surface area contributed by atoms with Gasteiger partial charge in [-0.1, -0.05) is 24.3 Å². The number of rotatable bonds is 4. The van der Waals surface area contributed by atoms with Crippen LogP contribution in [-0.4, -0.2) is 6.98 Å². The van der Waals surface area contributed by atoms with Crippen LogP contribution in [0.15, 0.2) is 48.5 Å². The summed E-state index contributed by atoms with van der Waals surface area (Å²) in [5, 5.41) is 0. The molecule has 0 saturated carbocycles. The van der Waals surface area contributed by atoms with Gasteiger partial charge in [-0.2, -0.15) is 0 Å². The molecule has 1 nitrogen and oxygen atoms in total. The Hall–Kier alpha value is -1.98. The van der Waals surface area contributed by atoms with Crippen LogP contribution in [0.3, 0.4) is 0 Å². The molecule has 0 amide bonds. The summed E-state index contributed by atoms with van der Waals surface area (Å²) in [7, 11) is 0. The van der Waals surface area contributed by atoms with Gasteiger partial charge in [0.1, 0.15) is 18.2 Å². The van der Waals surface area contributed by atoms with Gasteiger partial charge in [-0.25, -0.2) is 4.39 Å². The number of halogens is 4. The fourth-order valence-electron chi connectivity index (χ4n) is 1.58. The smallest absolute Gasteiger partial charge is 0.489 e. The first-order valence-electron chi connectivity index (χ1n) is 5.62. The lowest BCUT2D eigenvalue weighted by Gasteiger charge is -2.15. The molecule has 6 heteroatoms. The lowest BCUT2D eigenvalue weighted by atomic mass is 9.80. The maximum absolute atomic E-state index is 12.9. The number of benzene rings is 2. The van der Waals surface area contributed by atoms with Crippen LogP contribution in [0.2, 0.25) is 0 Å². The molecule has 2 aromatic rings. The van der Waals surface area contributed by atoms with E-state index < -0.39 is 12.4 Å². The van der Waals surface area contributed by atoms with E-state index >= 15 is 0 Å². The van der Waals surface area contributed by atoms with Crippen molar-refractivity contribution >= 4 is 12.4 Å². The Balaban J connectivity index is 2.01. The average molecular weight is 269 g/mol. The molecule has 0 unspecified atom stereocenters. The minimum Gasteiger partial charge on any atom is -0.489 e. The Bertz CT molecular complexity index is 551. The largest absolute Gasteiger partial charge is 0.509 e. The lowest BCUT2D eigenvalue weighted by molar-refractivity contribution is 0.305. The van der Waals surface area contributed by atoms with E-state index in [2.05, 4.69) is 0 Å². The second-order valence-corrected chi connectivity index (χ2v) is 4.06. The van der Waals surface area contributed by atoms with Crippen LogP contribution in [0.5, 0.6) is 5.75 Å². The van der Waals surface area contributed by atoms with Crippen LogP contribution in [0.4, 0.5) is 17.3 Å². The monoisotopic (exact) mass is 269 g/mol. The van der Waals surface area contributed by atoms with E-state index in [9.17, 15) is 17.3 Å². The van der Waals surface area contributed by atoms with Crippen LogP contribution in [0, 0.1) is 5.82 Å². The summed E-state index contributed by atoms with van der Waals surface area (Å²) in [5.41, 5.74) is -0.0535. The highest BCUT2D eigenvalue weighted by atomic mass is 19.4. The fourth-order valence-corrected chi connectivity index (χ4v) is 1.58. The van der Waals surface area contributed by atoms with Crippen LogP contribution in [0.1, 0.15) is 5.56 Å². The van der Waals surface area contributed by atoms with E-state index in [0.29, 0.717) is 11.3 Å². The van der Waals surface area contributed by atoms with Crippen LogP contribution < -0.4 is 10.2 Å². The molecule has 0 atom stereocenters. The predicted octanol–water partition coefficient (Wildman–Crippen LogP) is 3.46. The summed E-state index contributed by atoms with van der Waals surface area (Å²) >= 11 is 0. The van der Waals surface area contributed by atoms with Crippen LogP contribution in [0.25, 0.3) is 0 Å². The van der Waals surface area contributed by atoms with Gasteiger partial charge in [-0.3, -0.25) is 0 Å². The van der Waals surface area contributed by atoms with Gasteiger partial charge < -0.3 is 17.7 Å². The van der Waals surface area contributed by atoms with Crippen molar-refractivity contribution in [3.63, 3.8) is 0 Å². The van der Waals surface area contributed by atoms with Crippen molar-refractivity contribution in [3.8, 4) is 5.75 Å².